The normalized spacial score (nSPS) is 19.0. The Morgan fingerprint density at radius 1 is 1.48 bits per heavy atom. The molecule has 0 saturated carbocycles. The first-order valence-electron chi connectivity index (χ1n) is 6.15. The van der Waals surface area contributed by atoms with Crippen molar-refractivity contribution in [3.05, 3.63) is 33.9 Å². The first kappa shape index (κ1) is 15.7. The van der Waals surface area contributed by atoms with Gasteiger partial charge in [-0.1, -0.05) is 12.1 Å². The number of amides is 1. The summed E-state index contributed by atoms with van der Waals surface area (Å²) in [5.41, 5.74) is 0.645. The maximum Gasteiger partial charge on any atom is 0.293 e. The van der Waals surface area contributed by atoms with Crippen LogP contribution in [0.4, 0.5) is 11.4 Å². The minimum atomic E-state index is -3.71. The van der Waals surface area contributed by atoms with Crippen LogP contribution < -0.4 is 4.90 Å². The van der Waals surface area contributed by atoms with E-state index in [9.17, 15) is 23.3 Å². The number of nitro benzene ring substituents is 1. The lowest BCUT2D eigenvalue weighted by Gasteiger charge is -2.18. The number of aryl methyl sites for hydroxylation is 1. The summed E-state index contributed by atoms with van der Waals surface area (Å²) in [6.07, 6.45) is 0.0113. The number of para-hydroxylation sites is 1. The number of nitro groups is 1. The third-order valence-electron chi connectivity index (χ3n) is 3.32. The lowest BCUT2D eigenvalue weighted by atomic mass is 10.1. The zero-order chi connectivity index (χ0) is 15.8. The van der Waals surface area contributed by atoms with Crippen molar-refractivity contribution >= 4 is 37.0 Å². The van der Waals surface area contributed by atoms with Crippen molar-refractivity contribution in [3.63, 3.8) is 0 Å². The van der Waals surface area contributed by atoms with Gasteiger partial charge in [-0.3, -0.25) is 14.9 Å². The minimum Gasteiger partial charge on any atom is -0.306 e. The number of carbonyl (C=O) groups is 1. The van der Waals surface area contributed by atoms with Crippen molar-refractivity contribution < 1.29 is 18.1 Å². The van der Waals surface area contributed by atoms with Gasteiger partial charge in [0.25, 0.3) is 5.69 Å². The van der Waals surface area contributed by atoms with Crippen LogP contribution in [0.2, 0.25) is 0 Å². The van der Waals surface area contributed by atoms with E-state index in [1.54, 1.807) is 13.0 Å². The maximum absolute atomic E-state index is 12.1. The molecule has 1 aromatic rings. The van der Waals surface area contributed by atoms with Gasteiger partial charge in [-0.2, -0.15) is 0 Å². The van der Waals surface area contributed by atoms with Gasteiger partial charge in [-0.05, 0) is 12.5 Å². The molecule has 1 aliphatic rings. The number of rotatable bonds is 4. The van der Waals surface area contributed by atoms with Crippen LogP contribution >= 0.6 is 10.7 Å². The summed E-state index contributed by atoms with van der Waals surface area (Å²) >= 11 is 0. The van der Waals surface area contributed by atoms with Crippen molar-refractivity contribution in [2.45, 2.75) is 13.3 Å². The van der Waals surface area contributed by atoms with Crippen LogP contribution in [-0.2, 0) is 13.8 Å². The third kappa shape index (κ3) is 3.51. The van der Waals surface area contributed by atoms with Gasteiger partial charge in [-0.25, -0.2) is 8.42 Å². The summed E-state index contributed by atoms with van der Waals surface area (Å²) in [4.78, 5) is 23.9. The second kappa shape index (κ2) is 5.61. The van der Waals surface area contributed by atoms with Crippen LogP contribution in [0.3, 0.4) is 0 Å². The second-order valence-electron chi connectivity index (χ2n) is 4.98. The molecule has 1 amide bonds. The lowest BCUT2D eigenvalue weighted by Crippen LogP contribution is -2.27. The first-order chi connectivity index (χ1) is 9.69. The highest BCUT2D eigenvalue weighted by Gasteiger charge is 2.36. The zero-order valence-electron chi connectivity index (χ0n) is 11.2. The molecule has 1 aliphatic heterocycles. The summed E-state index contributed by atoms with van der Waals surface area (Å²) in [6, 6.07) is 4.53. The molecule has 1 aromatic carbocycles. The van der Waals surface area contributed by atoms with Crippen LogP contribution in [0.15, 0.2) is 18.2 Å². The summed E-state index contributed by atoms with van der Waals surface area (Å²) in [6.45, 7) is 1.78. The molecule has 0 spiro atoms. The fourth-order valence-corrected chi connectivity index (χ4v) is 3.85. The van der Waals surface area contributed by atoms with Crippen molar-refractivity contribution in [1.82, 2.24) is 0 Å². The number of halogens is 1. The molecule has 0 N–H and O–H groups in total. The van der Waals surface area contributed by atoms with Crippen molar-refractivity contribution in [1.29, 1.82) is 0 Å². The Labute approximate surface area is 126 Å². The molecule has 2 rings (SSSR count). The van der Waals surface area contributed by atoms with E-state index < -0.39 is 19.9 Å². The predicted octanol–water partition coefficient (Wildman–Crippen LogP) is 1.82. The number of carbonyl (C=O) groups excluding carboxylic acids is 1. The molecular formula is C12H13ClN2O5S. The molecule has 0 radical (unpaired) electrons. The van der Waals surface area contributed by atoms with Gasteiger partial charge in [0.2, 0.25) is 15.0 Å². The van der Waals surface area contributed by atoms with Crippen molar-refractivity contribution in [3.8, 4) is 0 Å². The van der Waals surface area contributed by atoms with Gasteiger partial charge in [0.05, 0.1) is 10.7 Å². The molecule has 0 aliphatic carbocycles. The van der Waals surface area contributed by atoms with Gasteiger partial charge in [-0.15, -0.1) is 0 Å². The van der Waals surface area contributed by atoms with Crippen molar-refractivity contribution in [2.75, 3.05) is 17.2 Å². The molecule has 9 heteroatoms. The number of hydrogen-bond donors (Lipinski definition) is 0. The Morgan fingerprint density at radius 2 is 2.14 bits per heavy atom. The van der Waals surface area contributed by atoms with Gasteiger partial charge in [0.1, 0.15) is 5.69 Å². The molecular weight excluding hydrogens is 320 g/mol. The highest BCUT2D eigenvalue weighted by Crippen LogP contribution is 2.36. The summed E-state index contributed by atoms with van der Waals surface area (Å²) in [5, 5.41) is 11.1. The molecule has 1 saturated heterocycles. The fourth-order valence-electron chi connectivity index (χ4n) is 2.53. The van der Waals surface area contributed by atoms with E-state index in [4.69, 9.17) is 10.7 Å². The molecule has 0 bridgehead atoms. The Bertz CT molecular complexity index is 704. The van der Waals surface area contributed by atoms with Crippen LogP contribution in [0, 0.1) is 23.0 Å². The number of benzene rings is 1. The summed E-state index contributed by atoms with van der Waals surface area (Å²) < 4.78 is 22.2. The van der Waals surface area contributed by atoms with E-state index >= 15 is 0 Å². The molecule has 1 fully saturated rings. The number of anilines is 1. The van der Waals surface area contributed by atoms with Crippen LogP contribution in [0.5, 0.6) is 0 Å². The van der Waals surface area contributed by atoms with Crippen LogP contribution in [0.25, 0.3) is 0 Å². The number of nitrogens with zero attached hydrogens (tertiary/aromatic N) is 2. The molecule has 21 heavy (non-hydrogen) atoms. The highest BCUT2D eigenvalue weighted by atomic mass is 35.7. The van der Waals surface area contributed by atoms with Gasteiger partial charge in [0.15, 0.2) is 0 Å². The van der Waals surface area contributed by atoms with E-state index in [0.29, 0.717) is 5.56 Å². The van der Waals surface area contributed by atoms with Crippen LogP contribution in [0.1, 0.15) is 12.0 Å². The number of hydrogen-bond acceptors (Lipinski definition) is 5. The minimum absolute atomic E-state index is 0.0113. The molecule has 0 aromatic heterocycles. The predicted molar refractivity (Wildman–Crippen MR) is 77.9 cm³/mol. The third-order valence-corrected chi connectivity index (χ3v) is 4.57. The zero-order valence-corrected chi connectivity index (χ0v) is 12.7. The van der Waals surface area contributed by atoms with E-state index in [1.165, 1.54) is 17.0 Å². The Morgan fingerprint density at radius 3 is 2.71 bits per heavy atom. The topological polar surface area (TPSA) is 97.6 Å². The largest absolute Gasteiger partial charge is 0.306 e. The van der Waals surface area contributed by atoms with Crippen LogP contribution in [-0.4, -0.2) is 31.5 Å². The Hall–Kier alpha value is -1.67. The summed E-state index contributed by atoms with van der Waals surface area (Å²) in [5.74, 6) is -1.12. The fraction of sp³-hybridized carbons (Fsp3) is 0.417. The quantitative estimate of drug-likeness (QED) is 0.476. The Balaban J connectivity index is 2.36. The molecule has 1 heterocycles. The Kier molecular flexibility index (Phi) is 4.20. The highest BCUT2D eigenvalue weighted by molar-refractivity contribution is 8.13. The van der Waals surface area contributed by atoms with Crippen molar-refractivity contribution in [2.24, 2.45) is 5.92 Å². The van der Waals surface area contributed by atoms with E-state index in [1.807, 2.05) is 0 Å². The van der Waals surface area contributed by atoms with E-state index in [0.717, 1.165) is 0 Å². The lowest BCUT2D eigenvalue weighted by molar-refractivity contribution is -0.384. The monoisotopic (exact) mass is 332 g/mol. The molecule has 114 valence electrons. The van der Waals surface area contributed by atoms with Gasteiger partial charge >= 0.3 is 0 Å². The molecule has 1 unspecified atom stereocenters. The maximum atomic E-state index is 12.1. The second-order valence-corrected chi connectivity index (χ2v) is 7.80. The van der Waals surface area contributed by atoms with Gasteiger partial charge < -0.3 is 4.90 Å². The SMILES string of the molecule is Cc1cccc([N+](=O)[O-])c1N1CC(CS(=O)(=O)Cl)CC1=O. The van der Waals surface area contributed by atoms with Gasteiger partial charge in [0, 0.05) is 35.6 Å². The standard InChI is InChI=1S/C12H13ClN2O5S/c1-8-3-2-4-10(15(17)18)12(8)14-6-9(5-11(14)16)7-21(13,19)20/h2-4,9H,5-7H2,1H3. The molecule has 1 atom stereocenters. The first-order valence-corrected chi connectivity index (χ1v) is 8.63. The molecule has 7 nitrogen and oxygen atoms in total. The summed E-state index contributed by atoms with van der Waals surface area (Å²) in [7, 11) is 1.49. The smallest absolute Gasteiger partial charge is 0.293 e. The average Bonchev–Trinajstić information content (AvgIpc) is 2.66. The van der Waals surface area contributed by atoms with E-state index in [2.05, 4.69) is 0 Å². The average molecular weight is 333 g/mol. The van der Waals surface area contributed by atoms with E-state index in [-0.39, 0.29) is 36.0 Å².